The van der Waals surface area contributed by atoms with Crippen molar-refractivity contribution in [2.75, 3.05) is 13.1 Å². The third-order valence-electron chi connectivity index (χ3n) is 4.47. The van der Waals surface area contributed by atoms with Crippen LogP contribution in [-0.4, -0.2) is 24.0 Å². The van der Waals surface area contributed by atoms with Crippen molar-refractivity contribution in [2.24, 2.45) is 23.7 Å². The standard InChI is InChI=1S/C12H21N/c1-8(2)12-9-5-10(12)7-13(6-9)11-3-4-11/h8-12H,3-7H2,1-2H3. The molecule has 2 saturated heterocycles. The van der Waals surface area contributed by atoms with Crippen LogP contribution in [0.15, 0.2) is 0 Å². The van der Waals surface area contributed by atoms with Gasteiger partial charge in [0.05, 0.1) is 0 Å². The molecule has 0 amide bonds. The van der Waals surface area contributed by atoms with Gasteiger partial charge in [0.1, 0.15) is 0 Å². The largest absolute Gasteiger partial charge is 0.300 e. The minimum absolute atomic E-state index is 0.935. The maximum absolute atomic E-state index is 2.78. The smallest absolute Gasteiger partial charge is 0.00966 e. The van der Waals surface area contributed by atoms with Gasteiger partial charge in [-0.05, 0) is 42.9 Å². The van der Waals surface area contributed by atoms with Crippen LogP contribution in [0.5, 0.6) is 0 Å². The van der Waals surface area contributed by atoms with Crippen LogP contribution < -0.4 is 0 Å². The molecule has 4 rings (SSSR count). The summed E-state index contributed by atoms with van der Waals surface area (Å²) in [5.74, 6) is 4.15. The van der Waals surface area contributed by atoms with Crippen LogP contribution in [0.2, 0.25) is 0 Å². The summed E-state index contributed by atoms with van der Waals surface area (Å²) >= 11 is 0. The van der Waals surface area contributed by atoms with Crippen molar-refractivity contribution in [3.63, 3.8) is 0 Å². The first-order valence-electron chi connectivity index (χ1n) is 5.99. The Hall–Kier alpha value is -0.0400. The highest BCUT2D eigenvalue weighted by Gasteiger charge is 2.49. The first kappa shape index (κ1) is 8.28. The summed E-state index contributed by atoms with van der Waals surface area (Å²) in [7, 11) is 0. The van der Waals surface area contributed by atoms with Gasteiger partial charge in [-0.1, -0.05) is 13.8 Å². The highest BCUT2D eigenvalue weighted by atomic mass is 15.2. The summed E-state index contributed by atoms with van der Waals surface area (Å²) < 4.78 is 0. The molecule has 0 aromatic carbocycles. The molecule has 13 heavy (non-hydrogen) atoms. The van der Waals surface area contributed by atoms with Gasteiger partial charge in [-0.2, -0.15) is 0 Å². The van der Waals surface area contributed by atoms with E-state index in [2.05, 4.69) is 18.7 Å². The fourth-order valence-corrected chi connectivity index (χ4v) is 3.79. The molecule has 2 saturated carbocycles. The van der Waals surface area contributed by atoms with Crippen LogP contribution in [0.25, 0.3) is 0 Å². The molecule has 2 aliphatic heterocycles. The molecular weight excluding hydrogens is 158 g/mol. The molecular formula is C12H21N. The molecule has 2 bridgehead atoms. The van der Waals surface area contributed by atoms with Crippen molar-refractivity contribution in [2.45, 2.75) is 39.2 Å². The zero-order chi connectivity index (χ0) is 9.00. The van der Waals surface area contributed by atoms with E-state index in [1.807, 2.05) is 0 Å². The van der Waals surface area contributed by atoms with Crippen LogP contribution in [-0.2, 0) is 0 Å². The second-order valence-corrected chi connectivity index (χ2v) is 5.76. The SMILES string of the molecule is CC(C)C1C2CC1CN(C1CC1)C2. The van der Waals surface area contributed by atoms with Gasteiger partial charge >= 0.3 is 0 Å². The van der Waals surface area contributed by atoms with Crippen molar-refractivity contribution in [1.82, 2.24) is 4.90 Å². The molecule has 0 spiro atoms. The monoisotopic (exact) mass is 179 g/mol. The predicted molar refractivity (Wildman–Crippen MR) is 54.5 cm³/mol. The summed E-state index contributed by atoms with van der Waals surface area (Å²) in [6, 6.07) is 1.01. The fraction of sp³-hybridized carbons (Fsp3) is 1.00. The van der Waals surface area contributed by atoms with Gasteiger partial charge in [0.2, 0.25) is 0 Å². The van der Waals surface area contributed by atoms with Crippen molar-refractivity contribution in [1.29, 1.82) is 0 Å². The molecule has 1 nitrogen and oxygen atoms in total. The van der Waals surface area contributed by atoms with E-state index in [1.165, 1.54) is 25.9 Å². The van der Waals surface area contributed by atoms with E-state index in [-0.39, 0.29) is 0 Å². The number of hydrogen-bond acceptors (Lipinski definition) is 1. The molecule has 4 aliphatic rings. The third kappa shape index (κ3) is 1.24. The Bertz CT molecular complexity index is 195. The second kappa shape index (κ2) is 2.73. The molecule has 0 aromatic heterocycles. The van der Waals surface area contributed by atoms with Crippen LogP contribution in [0.4, 0.5) is 0 Å². The highest BCUT2D eigenvalue weighted by molar-refractivity contribution is 5.01. The quantitative estimate of drug-likeness (QED) is 0.629. The maximum Gasteiger partial charge on any atom is 0.00966 e. The normalized spacial score (nSPS) is 45.0. The number of nitrogens with zero attached hydrogens (tertiary/aromatic N) is 1. The Kier molecular flexibility index (Phi) is 1.74. The van der Waals surface area contributed by atoms with Crippen molar-refractivity contribution in [3.05, 3.63) is 0 Å². The van der Waals surface area contributed by atoms with Crippen LogP contribution >= 0.6 is 0 Å². The Labute approximate surface area is 81.5 Å². The first-order chi connectivity index (χ1) is 6.25. The molecule has 2 atom stereocenters. The molecule has 74 valence electrons. The summed E-state index contributed by atoms with van der Waals surface area (Å²) in [5.41, 5.74) is 0. The molecule has 0 aromatic rings. The van der Waals surface area contributed by atoms with Crippen molar-refractivity contribution in [3.8, 4) is 0 Å². The predicted octanol–water partition coefficient (Wildman–Crippen LogP) is 2.37. The lowest BCUT2D eigenvalue weighted by molar-refractivity contribution is -0.0688. The summed E-state index contributed by atoms with van der Waals surface area (Å²) in [6.45, 7) is 7.70. The van der Waals surface area contributed by atoms with Crippen molar-refractivity contribution < 1.29 is 0 Å². The van der Waals surface area contributed by atoms with Crippen LogP contribution in [0, 0.1) is 23.7 Å². The molecule has 0 radical (unpaired) electrons. The summed E-state index contributed by atoms with van der Waals surface area (Å²) in [6.07, 6.45) is 4.53. The Balaban J connectivity index is 1.64. The van der Waals surface area contributed by atoms with Crippen LogP contribution in [0.1, 0.15) is 33.1 Å². The van der Waals surface area contributed by atoms with E-state index in [4.69, 9.17) is 0 Å². The average molecular weight is 179 g/mol. The van der Waals surface area contributed by atoms with Gasteiger partial charge in [0.25, 0.3) is 0 Å². The average Bonchev–Trinajstić information content (AvgIpc) is 2.84. The Morgan fingerprint density at radius 3 is 2.15 bits per heavy atom. The van der Waals surface area contributed by atoms with Gasteiger partial charge in [0, 0.05) is 19.1 Å². The summed E-state index contributed by atoms with van der Waals surface area (Å²) in [5, 5.41) is 0. The van der Waals surface area contributed by atoms with E-state index in [1.54, 1.807) is 6.42 Å². The molecule has 4 fully saturated rings. The maximum atomic E-state index is 2.78. The van der Waals surface area contributed by atoms with Gasteiger partial charge in [-0.15, -0.1) is 0 Å². The zero-order valence-corrected chi connectivity index (χ0v) is 8.87. The topological polar surface area (TPSA) is 3.24 Å². The van der Waals surface area contributed by atoms with Gasteiger partial charge < -0.3 is 0 Å². The van der Waals surface area contributed by atoms with E-state index >= 15 is 0 Å². The third-order valence-corrected chi connectivity index (χ3v) is 4.47. The minimum atomic E-state index is 0.935. The van der Waals surface area contributed by atoms with Crippen molar-refractivity contribution >= 4 is 0 Å². The van der Waals surface area contributed by atoms with Gasteiger partial charge in [0.15, 0.2) is 0 Å². The molecule has 2 heterocycles. The lowest BCUT2D eigenvalue weighted by atomic mass is 9.57. The molecule has 0 N–H and O–H groups in total. The molecule has 1 heteroatoms. The van der Waals surface area contributed by atoms with E-state index in [9.17, 15) is 0 Å². The highest BCUT2D eigenvalue weighted by Crippen LogP contribution is 2.50. The lowest BCUT2D eigenvalue weighted by Crippen LogP contribution is -2.57. The Morgan fingerprint density at radius 2 is 1.69 bits per heavy atom. The van der Waals surface area contributed by atoms with Gasteiger partial charge in [-0.25, -0.2) is 0 Å². The van der Waals surface area contributed by atoms with E-state index in [0.29, 0.717) is 0 Å². The lowest BCUT2D eigenvalue weighted by Gasteiger charge is -2.55. The first-order valence-corrected chi connectivity index (χ1v) is 5.99. The fourth-order valence-electron chi connectivity index (χ4n) is 3.79. The number of rotatable bonds is 2. The van der Waals surface area contributed by atoms with Gasteiger partial charge in [-0.3, -0.25) is 4.90 Å². The van der Waals surface area contributed by atoms with E-state index in [0.717, 1.165) is 29.7 Å². The second-order valence-electron chi connectivity index (χ2n) is 5.76. The molecule has 2 aliphatic carbocycles. The minimum Gasteiger partial charge on any atom is -0.300 e. The van der Waals surface area contributed by atoms with E-state index < -0.39 is 0 Å². The Morgan fingerprint density at radius 1 is 1.08 bits per heavy atom. The molecule has 2 unspecified atom stereocenters. The number of hydrogen-bond donors (Lipinski definition) is 0. The number of piperidine rings is 2. The zero-order valence-electron chi connectivity index (χ0n) is 8.87. The summed E-state index contributed by atoms with van der Waals surface area (Å²) in [4.78, 5) is 2.78. The van der Waals surface area contributed by atoms with Crippen LogP contribution in [0.3, 0.4) is 0 Å². The number of fused-ring (bicyclic) bond motifs is 2.